The van der Waals surface area contributed by atoms with Crippen molar-refractivity contribution in [2.45, 2.75) is 66.1 Å². The van der Waals surface area contributed by atoms with E-state index in [0.717, 1.165) is 13.0 Å². The molecule has 1 aliphatic heterocycles. The zero-order valence-corrected chi connectivity index (χ0v) is 12.5. The number of carbonyl (C=O) groups is 1. The van der Waals surface area contributed by atoms with Gasteiger partial charge in [-0.1, -0.05) is 34.6 Å². The van der Waals surface area contributed by atoms with E-state index in [2.05, 4.69) is 44.8 Å². The van der Waals surface area contributed by atoms with Crippen LogP contribution in [0.3, 0.4) is 0 Å². The average molecular weight is 252 g/mol. The summed E-state index contributed by atoms with van der Waals surface area (Å²) in [6.07, 6.45) is 3.71. The molecule has 0 bridgehead atoms. The van der Waals surface area contributed by atoms with Crippen molar-refractivity contribution in [2.75, 3.05) is 6.54 Å². The second-order valence-corrected chi connectivity index (χ2v) is 6.80. The number of hydrogen-bond acceptors (Lipinski definition) is 2. The minimum absolute atomic E-state index is 0.0420. The smallest absolute Gasteiger partial charge is 0.241 e. The molecular formula is C15H28N2O. The number of nitrogens with one attached hydrogen (secondary N) is 1. The first-order valence-electron chi connectivity index (χ1n) is 7.48. The lowest BCUT2D eigenvalue weighted by Crippen LogP contribution is -2.45. The zero-order valence-electron chi connectivity index (χ0n) is 12.5. The Morgan fingerprint density at radius 3 is 2.33 bits per heavy atom. The van der Waals surface area contributed by atoms with Gasteiger partial charge in [-0.25, -0.2) is 0 Å². The van der Waals surface area contributed by atoms with Crippen LogP contribution in [0, 0.1) is 17.3 Å². The highest BCUT2D eigenvalue weighted by atomic mass is 16.2. The van der Waals surface area contributed by atoms with Crippen LogP contribution in [0.5, 0.6) is 0 Å². The zero-order chi connectivity index (χ0) is 13.5. The number of rotatable bonds is 5. The van der Waals surface area contributed by atoms with Gasteiger partial charge in [-0.05, 0) is 36.5 Å². The van der Waals surface area contributed by atoms with Crippen LogP contribution in [0.4, 0.5) is 0 Å². The van der Waals surface area contributed by atoms with Crippen molar-refractivity contribution in [3.8, 4) is 0 Å². The van der Waals surface area contributed by atoms with Gasteiger partial charge in [-0.3, -0.25) is 10.1 Å². The van der Waals surface area contributed by atoms with Crippen LogP contribution in [-0.4, -0.2) is 29.6 Å². The predicted molar refractivity (Wildman–Crippen MR) is 74.1 cm³/mol. The third kappa shape index (κ3) is 2.29. The summed E-state index contributed by atoms with van der Waals surface area (Å²) in [5.41, 5.74) is 0.410. The average Bonchev–Trinajstić information content (AvgIpc) is 3.01. The Hall–Kier alpha value is -0.570. The van der Waals surface area contributed by atoms with Gasteiger partial charge in [0.15, 0.2) is 0 Å². The number of nitrogens with zero attached hydrogens (tertiary/aromatic N) is 1. The minimum Gasteiger partial charge on any atom is -0.325 e. The van der Waals surface area contributed by atoms with E-state index in [0.29, 0.717) is 23.2 Å². The van der Waals surface area contributed by atoms with Crippen molar-refractivity contribution in [3.63, 3.8) is 0 Å². The fraction of sp³-hybridized carbons (Fsp3) is 0.933. The molecule has 0 aromatic rings. The summed E-state index contributed by atoms with van der Waals surface area (Å²) in [7, 11) is 0. The molecule has 18 heavy (non-hydrogen) atoms. The topological polar surface area (TPSA) is 32.3 Å². The van der Waals surface area contributed by atoms with Gasteiger partial charge >= 0.3 is 0 Å². The molecule has 3 heteroatoms. The van der Waals surface area contributed by atoms with Crippen LogP contribution in [-0.2, 0) is 4.79 Å². The molecule has 1 saturated carbocycles. The number of hydrogen-bond donors (Lipinski definition) is 1. The molecule has 2 unspecified atom stereocenters. The van der Waals surface area contributed by atoms with Crippen molar-refractivity contribution in [2.24, 2.45) is 17.3 Å². The molecule has 2 rings (SSSR count). The molecule has 1 amide bonds. The summed E-state index contributed by atoms with van der Waals surface area (Å²) < 4.78 is 0. The van der Waals surface area contributed by atoms with Gasteiger partial charge in [-0.15, -0.1) is 0 Å². The van der Waals surface area contributed by atoms with Crippen molar-refractivity contribution >= 4 is 5.91 Å². The monoisotopic (exact) mass is 252 g/mol. The third-order valence-corrected chi connectivity index (χ3v) is 4.93. The molecule has 3 nitrogen and oxygen atoms in total. The fourth-order valence-electron chi connectivity index (χ4n) is 3.14. The largest absolute Gasteiger partial charge is 0.325 e. The standard InChI is InChI=1S/C15H28N2O/c1-6-12-14(18)17(13(16-12)10(2)3)9-15(7-8-15)11(4)5/h10-13,16H,6-9H2,1-5H3. The van der Waals surface area contributed by atoms with Gasteiger partial charge in [0.2, 0.25) is 5.91 Å². The van der Waals surface area contributed by atoms with Gasteiger partial charge in [0.1, 0.15) is 0 Å². The molecule has 2 aliphatic rings. The van der Waals surface area contributed by atoms with Gasteiger partial charge in [-0.2, -0.15) is 0 Å². The van der Waals surface area contributed by atoms with Crippen LogP contribution in [0.15, 0.2) is 0 Å². The highest BCUT2D eigenvalue weighted by Gasteiger charge is 2.50. The molecule has 1 N–H and O–H groups in total. The highest BCUT2D eigenvalue weighted by Crippen LogP contribution is 2.52. The summed E-state index contributed by atoms with van der Waals surface area (Å²) >= 11 is 0. The van der Waals surface area contributed by atoms with E-state index in [-0.39, 0.29) is 12.2 Å². The van der Waals surface area contributed by atoms with E-state index in [4.69, 9.17) is 0 Å². The Morgan fingerprint density at radius 1 is 1.33 bits per heavy atom. The minimum atomic E-state index is 0.0420. The van der Waals surface area contributed by atoms with Gasteiger partial charge in [0.05, 0.1) is 12.2 Å². The summed E-state index contributed by atoms with van der Waals surface area (Å²) in [5, 5.41) is 3.51. The van der Waals surface area contributed by atoms with Crippen LogP contribution in [0.2, 0.25) is 0 Å². The Bertz CT molecular complexity index is 320. The summed E-state index contributed by atoms with van der Waals surface area (Å²) in [6.45, 7) is 12.0. The van der Waals surface area contributed by atoms with Gasteiger partial charge < -0.3 is 4.90 Å². The number of carbonyl (C=O) groups excluding carboxylic acids is 1. The van der Waals surface area contributed by atoms with Crippen molar-refractivity contribution in [1.29, 1.82) is 0 Å². The molecule has 0 radical (unpaired) electrons. The maximum Gasteiger partial charge on any atom is 0.241 e. The lowest BCUT2D eigenvalue weighted by atomic mass is 9.91. The SMILES string of the molecule is CCC1NC(C(C)C)N(CC2(C(C)C)CC2)C1=O. The first-order valence-corrected chi connectivity index (χ1v) is 7.48. The lowest BCUT2D eigenvalue weighted by molar-refractivity contribution is -0.131. The van der Waals surface area contributed by atoms with E-state index < -0.39 is 0 Å². The van der Waals surface area contributed by atoms with E-state index in [1.54, 1.807) is 0 Å². The van der Waals surface area contributed by atoms with Crippen LogP contribution in [0.25, 0.3) is 0 Å². The third-order valence-electron chi connectivity index (χ3n) is 4.93. The molecule has 0 aromatic carbocycles. The second-order valence-electron chi connectivity index (χ2n) is 6.80. The van der Waals surface area contributed by atoms with E-state index in [1.807, 2.05) is 0 Å². The molecule has 104 valence electrons. The quantitative estimate of drug-likeness (QED) is 0.816. The Labute approximate surface area is 111 Å². The molecular weight excluding hydrogens is 224 g/mol. The van der Waals surface area contributed by atoms with Crippen LogP contribution >= 0.6 is 0 Å². The molecule has 0 aromatic heterocycles. The molecule has 2 atom stereocenters. The first-order chi connectivity index (χ1) is 8.41. The summed E-state index contributed by atoms with van der Waals surface area (Å²) in [6, 6.07) is 0.0420. The molecule has 1 aliphatic carbocycles. The molecule has 0 spiro atoms. The van der Waals surface area contributed by atoms with Gasteiger partial charge in [0, 0.05) is 6.54 Å². The van der Waals surface area contributed by atoms with Crippen molar-refractivity contribution in [1.82, 2.24) is 10.2 Å². The summed E-state index contributed by atoms with van der Waals surface area (Å²) in [4.78, 5) is 14.6. The van der Waals surface area contributed by atoms with E-state index >= 15 is 0 Å². The van der Waals surface area contributed by atoms with E-state index in [9.17, 15) is 4.79 Å². The molecule has 1 saturated heterocycles. The first kappa shape index (κ1) is 13.9. The Morgan fingerprint density at radius 2 is 1.94 bits per heavy atom. The van der Waals surface area contributed by atoms with Crippen molar-refractivity contribution < 1.29 is 4.79 Å². The van der Waals surface area contributed by atoms with Crippen molar-refractivity contribution in [3.05, 3.63) is 0 Å². The van der Waals surface area contributed by atoms with Gasteiger partial charge in [0.25, 0.3) is 0 Å². The molecule has 1 heterocycles. The Kier molecular flexibility index (Phi) is 3.72. The maximum absolute atomic E-state index is 12.4. The summed E-state index contributed by atoms with van der Waals surface area (Å²) in [5.74, 6) is 1.48. The van der Waals surface area contributed by atoms with Crippen LogP contribution in [0.1, 0.15) is 53.9 Å². The van der Waals surface area contributed by atoms with E-state index in [1.165, 1.54) is 12.8 Å². The predicted octanol–water partition coefficient (Wildman–Crippen LogP) is 2.62. The second kappa shape index (κ2) is 4.84. The molecule has 2 fully saturated rings. The highest BCUT2D eigenvalue weighted by molar-refractivity contribution is 5.84. The fourth-order valence-corrected chi connectivity index (χ4v) is 3.14. The maximum atomic E-state index is 12.4. The van der Waals surface area contributed by atoms with Crippen LogP contribution < -0.4 is 5.32 Å². The normalized spacial score (nSPS) is 30.6. The lowest BCUT2D eigenvalue weighted by Gasteiger charge is -2.32. The Balaban J connectivity index is 2.11. The number of amides is 1.